The smallest absolute Gasteiger partial charge is 0.133 e. The summed E-state index contributed by atoms with van der Waals surface area (Å²) < 4.78 is 6.24. The molecule has 4 heteroatoms. The Labute approximate surface area is 131 Å². The highest BCUT2D eigenvalue weighted by Gasteiger charge is 2.31. The maximum atomic E-state index is 6.47. The molecule has 0 aliphatic carbocycles. The molecular formula is C16H27BrN2O. The topological polar surface area (TPSA) is 38.5 Å². The summed E-state index contributed by atoms with van der Waals surface area (Å²) in [5.74, 6) is 0.852. The van der Waals surface area contributed by atoms with Crippen molar-refractivity contribution in [1.82, 2.24) is 4.90 Å². The van der Waals surface area contributed by atoms with Gasteiger partial charge in [-0.3, -0.25) is 4.90 Å². The van der Waals surface area contributed by atoms with Gasteiger partial charge in [0.2, 0.25) is 0 Å². The predicted octanol–water partition coefficient (Wildman–Crippen LogP) is 3.45. The summed E-state index contributed by atoms with van der Waals surface area (Å²) in [6.45, 7) is 10.9. The van der Waals surface area contributed by atoms with Crippen molar-refractivity contribution >= 4 is 15.9 Å². The highest BCUT2D eigenvalue weighted by molar-refractivity contribution is 9.10. The monoisotopic (exact) mass is 342 g/mol. The van der Waals surface area contributed by atoms with Crippen LogP contribution in [0.1, 0.15) is 33.3 Å². The Kier molecular flexibility index (Phi) is 6.49. The third-order valence-corrected chi connectivity index (χ3v) is 4.78. The zero-order valence-corrected chi connectivity index (χ0v) is 14.8. The lowest BCUT2D eigenvalue weighted by Crippen LogP contribution is -2.56. The first-order chi connectivity index (χ1) is 9.36. The summed E-state index contributed by atoms with van der Waals surface area (Å²) >= 11 is 3.53. The van der Waals surface area contributed by atoms with Gasteiger partial charge in [0.15, 0.2) is 0 Å². The molecule has 0 bridgehead atoms. The maximum absolute atomic E-state index is 6.47. The third kappa shape index (κ3) is 3.96. The van der Waals surface area contributed by atoms with Crippen molar-refractivity contribution in [3.8, 4) is 5.75 Å². The average molecular weight is 343 g/mol. The molecule has 0 fully saturated rings. The molecule has 0 heterocycles. The van der Waals surface area contributed by atoms with Crippen LogP contribution in [0, 0.1) is 0 Å². The molecule has 1 aromatic rings. The number of likely N-dealkylation sites (N-methyl/N-ethyl adjacent to an activating group) is 1. The predicted molar refractivity (Wildman–Crippen MR) is 89.4 cm³/mol. The molecule has 0 amide bonds. The van der Waals surface area contributed by atoms with Crippen LogP contribution in [0.5, 0.6) is 5.75 Å². The van der Waals surface area contributed by atoms with Crippen LogP contribution in [0.2, 0.25) is 0 Å². The van der Waals surface area contributed by atoms with Crippen LogP contribution in [-0.2, 0) is 6.42 Å². The van der Waals surface area contributed by atoms with E-state index < -0.39 is 0 Å². The summed E-state index contributed by atoms with van der Waals surface area (Å²) in [5, 5.41) is 0. The average Bonchev–Trinajstić information content (AvgIpc) is 2.40. The molecule has 0 saturated carbocycles. The molecule has 1 rings (SSSR count). The Morgan fingerprint density at radius 2 is 1.90 bits per heavy atom. The largest absolute Gasteiger partial charge is 0.496 e. The fourth-order valence-electron chi connectivity index (χ4n) is 2.61. The van der Waals surface area contributed by atoms with Gasteiger partial charge in [0, 0.05) is 11.6 Å². The summed E-state index contributed by atoms with van der Waals surface area (Å²) in [7, 11) is 1.68. The lowest BCUT2D eigenvalue weighted by molar-refractivity contribution is 0.106. The first-order valence-corrected chi connectivity index (χ1v) is 7.99. The van der Waals surface area contributed by atoms with Gasteiger partial charge in [-0.05, 0) is 67.0 Å². The second-order valence-corrected chi connectivity index (χ2v) is 6.46. The lowest BCUT2D eigenvalue weighted by Gasteiger charge is -2.42. The number of hydrogen-bond donors (Lipinski definition) is 1. The van der Waals surface area contributed by atoms with Gasteiger partial charge < -0.3 is 10.5 Å². The molecule has 0 radical (unpaired) electrons. The van der Waals surface area contributed by atoms with Gasteiger partial charge >= 0.3 is 0 Å². The van der Waals surface area contributed by atoms with E-state index in [-0.39, 0.29) is 11.6 Å². The van der Waals surface area contributed by atoms with Crippen LogP contribution in [0.3, 0.4) is 0 Å². The minimum atomic E-state index is -0.0180. The Morgan fingerprint density at radius 1 is 1.30 bits per heavy atom. The quantitative estimate of drug-likeness (QED) is 0.824. The highest BCUT2D eigenvalue weighted by Crippen LogP contribution is 2.27. The highest BCUT2D eigenvalue weighted by atomic mass is 79.9. The summed E-state index contributed by atoms with van der Waals surface area (Å²) in [4.78, 5) is 2.41. The number of rotatable bonds is 7. The second-order valence-electron chi connectivity index (χ2n) is 5.61. The van der Waals surface area contributed by atoms with Crippen LogP contribution in [0.4, 0.5) is 0 Å². The van der Waals surface area contributed by atoms with Gasteiger partial charge in [-0.15, -0.1) is 0 Å². The van der Waals surface area contributed by atoms with Gasteiger partial charge in [0.05, 0.1) is 11.6 Å². The summed E-state index contributed by atoms with van der Waals surface area (Å²) in [6.07, 6.45) is 0.853. The molecule has 1 aromatic carbocycles. The van der Waals surface area contributed by atoms with Gasteiger partial charge in [-0.1, -0.05) is 19.9 Å². The molecule has 2 N–H and O–H groups in total. The Hall–Kier alpha value is -0.580. The zero-order chi connectivity index (χ0) is 15.3. The molecule has 0 spiro atoms. The van der Waals surface area contributed by atoms with Crippen LogP contribution in [0.25, 0.3) is 0 Å². The number of methoxy groups -OCH3 is 1. The van der Waals surface area contributed by atoms with E-state index in [9.17, 15) is 0 Å². The van der Waals surface area contributed by atoms with Crippen LogP contribution >= 0.6 is 15.9 Å². The van der Waals surface area contributed by atoms with Crippen molar-refractivity contribution in [2.75, 3.05) is 20.2 Å². The minimum Gasteiger partial charge on any atom is -0.496 e. The van der Waals surface area contributed by atoms with Gasteiger partial charge in [-0.2, -0.15) is 0 Å². The first-order valence-electron chi connectivity index (χ1n) is 7.19. The van der Waals surface area contributed by atoms with E-state index in [1.54, 1.807) is 7.11 Å². The number of ether oxygens (including phenoxy) is 1. The van der Waals surface area contributed by atoms with E-state index in [4.69, 9.17) is 10.5 Å². The lowest BCUT2D eigenvalue weighted by atomic mass is 9.88. The molecule has 3 nitrogen and oxygen atoms in total. The fourth-order valence-corrected chi connectivity index (χ4v) is 3.20. The van der Waals surface area contributed by atoms with Crippen molar-refractivity contribution in [2.24, 2.45) is 5.73 Å². The molecule has 1 unspecified atom stereocenters. The van der Waals surface area contributed by atoms with E-state index in [1.165, 1.54) is 5.56 Å². The molecule has 0 aliphatic heterocycles. The fraction of sp³-hybridized carbons (Fsp3) is 0.625. The van der Waals surface area contributed by atoms with Gasteiger partial charge in [0.1, 0.15) is 5.75 Å². The van der Waals surface area contributed by atoms with E-state index in [2.05, 4.69) is 60.7 Å². The minimum absolute atomic E-state index is 0.0180. The van der Waals surface area contributed by atoms with Crippen LogP contribution < -0.4 is 10.5 Å². The second kappa shape index (κ2) is 7.43. The zero-order valence-electron chi connectivity index (χ0n) is 13.2. The van der Waals surface area contributed by atoms with Crippen LogP contribution in [-0.4, -0.2) is 36.7 Å². The van der Waals surface area contributed by atoms with Gasteiger partial charge in [0.25, 0.3) is 0 Å². The van der Waals surface area contributed by atoms with Crippen molar-refractivity contribution in [2.45, 2.75) is 45.7 Å². The molecule has 0 saturated heterocycles. The Morgan fingerprint density at radius 3 is 2.35 bits per heavy atom. The Bertz CT molecular complexity index is 430. The molecule has 0 aliphatic rings. The van der Waals surface area contributed by atoms with Crippen molar-refractivity contribution in [1.29, 1.82) is 0 Å². The maximum Gasteiger partial charge on any atom is 0.133 e. The van der Waals surface area contributed by atoms with E-state index in [0.717, 1.165) is 29.7 Å². The van der Waals surface area contributed by atoms with E-state index in [0.29, 0.717) is 0 Å². The Balaban J connectivity index is 2.84. The number of nitrogens with zero attached hydrogens (tertiary/aromatic N) is 1. The number of halogens is 1. The third-order valence-electron chi connectivity index (χ3n) is 4.16. The molecule has 1 atom stereocenters. The normalized spacial score (nSPS) is 13.6. The standard InChI is InChI=1S/C16H27BrN2O/c1-6-19(7-2)16(3,4)15(18)11-12-8-9-14(20-5)13(17)10-12/h8-10,15H,6-7,11,18H2,1-5H3. The van der Waals surface area contributed by atoms with Crippen molar-refractivity contribution in [3.05, 3.63) is 28.2 Å². The SMILES string of the molecule is CCN(CC)C(C)(C)C(N)Cc1ccc(OC)c(Br)c1. The van der Waals surface area contributed by atoms with Crippen LogP contribution in [0.15, 0.2) is 22.7 Å². The number of hydrogen-bond acceptors (Lipinski definition) is 3. The van der Waals surface area contributed by atoms with E-state index >= 15 is 0 Å². The molecular weight excluding hydrogens is 316 g/mol. The molecule has 114 valence electrons. The van der Waals surface area contributed by atoms with E-state index in [1.807, 2.05) is 6.07 Å². The number of benzene rings is 1. The van der Waals surface area contributed by atoms with Gasteiger partial charge in [-0.25, -0.2) is 0 Å². The van der Waals surface area contributed by atoms with Crippen molar-refractivity contribution < 1.29 is 4.74 Å². The number of nitrogens with two attached hydrogens (primary N) is 1. The van der Waals surface area contributed by atoms with Crippen molar-refractivity contribution in [3.63, 3.8) is 0 Å². The molecule has 0 aromatic heterocycles. The summed E-state index contributed by atoms with van der Waals surface area (Å²) in [5.41, 5.74) is 7.68. The molecule has 20 heavy (non-hydrogen) atoms. The summed E-state index contributed by atoms with van der Waals surface area (Å²) in [6, 6.07) is 6.25. The first kappa shape index (κ1) is 17.5.